The molecule has 122 valence electrons. The van der Waals surface area contributed by atoms with Crippen LogP contribution in [0.5, 0.6) is 0 Å². The molecule has 0 radical (unpaired) electrons. The number of anilines is 1. The highest BCUT2D eigenvalue weighted by atomic mass is 32.2. The maximum absolute atomic E-state index is 5.36. The molecular weight excluding hydrogens is 320 g/mol. The van der Waals surface area contributed by atoms with Gasteiger partial charge in [-0.25, -0.2) is 0 Å². The second kappa shape index (κ2) is 9.58. The Balaban J connectivity index is 1.60. The van der Waals surface area contributed by atoms with Gasteiger partial charge < -0.3 is 10.6 Å². The summed E-state index contributed by atoms with van der Waals surface area (Å²) in [4.78, 5) is 0. The first kappa shape index (κ1) is 17.8. The van der Waals surface area contributed by atoms with Crippen LogP contribution in [0.4, 0.5) is 5.69 Å². The number of benzene rings is 2. The molecule has 0 amide bonds. The maximum Gasteiger partial charge on any atom is 0.170 e. The van der Waals surface area contributed by atoms with Crippen molar-refractivity contribution in [2.24, 2.45) is 0 Å². The molecule has 2 rings (SSSR count). The Bertz CT molecular complexity index is 627. The topological polar surface area (TPSA) is 24.1 Å². The van der Waals surface area contributed by atoms with Crippen LogP contribution in [0.1, 0.15) is 23.1 Å². The van der Waals surface area contributed by atoms with E-state index in [0.29, 0.717) is 5.11 Å². The molecule has 0 atom stereocenters. The van der Waals surface area contributed by atoms with E-state index in [9.17, 15) is 0 Å². The number of hydrogen-bond acceptors (Lipinski definition) is 2. The third-order valence-electron chi connectivity index (χ3n) is 3.50. The molecule has 4 heteroatoms. The Labute approximate surface area is 149 Å². The number of rotatable bonds is 7. The third kappa shape index (κ3) is 6.63. The number of hydrogen-bond donors (Lipinski definition) is 2. The highest BCUT2D eigenvalue weighted by Crippen LogP contribution is 2.16. The van der Waals surface area contributed by atoms with Gasteiger partial charge in [-0.1, -0.05) is 42.5 Å². The van der Waals surface area contributed by atoms with Gasteiger partial charge >= 0.3 is 0 Å². The van der Waals surface area contributed by atoms with Crippen molar-refractivity contribution < 1.29 is 0 Å². The first-order valence-corrected chi connectivity index (χ1v) is 9.45. The lowest BCUT2D eigenvalue weighted by Crippen LogP contribution is -2.29. The molecule has 2 aromatic carbocycles. The van der Waals surface area contributed by atoms with Crippen LogP contribution in [-0.2, 0) is 5.75 Å². The van der Waals surface area contributed by atoms with Gasteiger partial charge in [-0.05, 0) is 61.0 Å². The highest BCUT2D eigenvalue weighted by Gasteiger charge is 2.01. The first-order chi connectivity index (χ1) is 11.1. The van der Waals surface area contributed by atoms with Crippen LogP contribution in [0.25, 0.3) is 0 Å². The number of thiocarbonyl (C=S) groups is 1. The number of aryl methyl sites for hydroxylation is 2. The summed E-state index contributed by atoms with van der Waals surface area (Å²) in [6, 6.07) is 16.9. The molecule has 0 aliphatic carbocycles. The summed E-state index contributed by atoms with van der Waals surface area (Å²) in [7, 11) is 0. The van der Waals surface area contributed by atoms with Gasteiger partial charge in [0.25, 0.3) is 0 Å². The second-order valence-electron chi connectivity index (χ2n) is 5.59. The smallest absolute Gasteiger partial charge is 0.170 e. The molecule has 23 heavy (non-hydrogen) atoms. The standard InChI is InChI=1S/C19H24N2S2/c1-15-9-10-16(2)18(13-15)21-19(22)20-11-6-12-23-14-17-7-4-3-5-8-17/h3-5,7-10,13H,6,11-12,14H2,1-2H3,(H2,20,21,22). The summed E-state index contributed by atoms with van der Waals surface area (Å²) in [6.07, 6.45) is 1.10. The fourth-order valence-corrected chi connectivity index (χ4v) is 3.31. The van der Waals surface area contributed by atoms with Crippen molar-refractivity contribution in [2.75, 3.05) is 17.6 Å². The van der Waals surface area contributed by atoms with E-state index in [1.807, 2.05) is 11.8 Å². The van der Waals surface area contributed by atoms with Crippen LogP contribution in [0.3, 0.4) is 0 Å². The first-order valence-electron chi connectivity index (χ1n) is 7.89. The summed E-state index contributed by atoms with van der Waals surface area (Å²) in [5.41, 5.74) is 4.91. The van der Waals surface area contributed by atoms with Crippen molar-refractivity contribution in [1.29, 1.82) is 0 Å². The molecule has 0 aliphatic rings. The normalized spacial score (nSPS) is 10.3. The zero-order valence-electron chi connectivity index (χ0n) is 13.8. The highest BCUT2D eigenvalue weighted by molar-refractivity contribution is 7.98. The molecule has 0 heterocycles. The number of nitrogens with one attached hydrogen (secondary N) is 2. The van der Waals surface area contributed by atoms with Gasteiger partial charge in [-0.3, -0.25) is 0 Å². The molecule has 0 saturated carbocycles. The Kier molecular flexibility index (Phi) is 7.43. The maximum atomic E-state index is 5.36. The van der Waals surface area contributed by atoms with E-state index >= 15 is 0 Å². The van der Waals surface area contributed by atoms with Crippen LogP contribution in [0.2, 0.25) is 0 Å². The van der Waals surface area contributed by atoms with Gasteiger partial charge in [-0.2, -0.15) is 11.8 Å². The molecule has 2 nitrogen and oxygen atoms in total. The van der Waals surface area contributed by atoms with Gasteiger partial charge in [0.2, 0.25) is 0 Å². The zero-order valence-corrected chi connectivity index (χ0v) is 15.4. The van der Waals surface area contributed by atoms with Crippen molar-refractivity contribution in [3.63, 3.8) is 0 Å². The van der Waals surface area contributed by atoms with Crippen molar-refractivity contribution in [3.05, 3.63) is 65.2 Å². The van der Waals surface area contributed by atoms with Gasteiger partial charge in [0.15, 0.2) is 5.11 Å². The third-order valence-corrected chi connectivity index (χ3v) is 4.87. The summed E-state index contributed by atoms with van der Waals surface area (Å²) >= 11 is 7.33. The predicted molar refractivity (Wildman–Crippen MR) is 107 cm³/mol. The summed E-state index contributed by atoms with van der Waals surface area (Å²) in [6.45, 7) is 5.08. The fraction of sp³-hybridized carbons (Fsp3) is 0.316. The van der Waals surface area contributed by atoms with Crippen molar-refractivity contribution in [2.45, 2.75) is 26.0 Å². The summed E-state index contributed by atoms with van der Waals surface area (Å²) < 4.78 is 0. The van der Waals surface area contributed by atoms with Crippen LogP contribution in [0.15, 0.2) is 48.5 Å². The van der Waals surface area contributed by atoms with E-state index in [2.05, 4.69) is 73.0 Å². The predicted octanol–water partition coefficient (Wildman–Crippen LogP) is 4.91. The van der Waals surface area contributed by atoms with E-state index in [0.717, 1.165) is 30.2 Å². The lowest BCUT2D eigenvalue weighted by Gasteiger charge is -2.13. The van der Waals surface area contributed by atoms with Gasteiger partial charge in [0, 0.05) is 18.0 Å². The molecule has 0 aromatic heterocycles. The molecule has 0 aliphatic heterocycles. The van der Waals surface area contributed by atoms with Crippen molar-refractivity contribution in [1.82, 2.24) is 5.32 Å². The lowest BCUT2D eigenvalue weighted by atomic mass is 10.1. The Hall–Kier alpha value is -1.52. The molecule has 2 N–H and O–H groups in total. The number of thioether (sulfide) groups is 1. The monoisotopic (exact) mass is 344 g/mol. The minimum Gasteiger partial charge on any atom is -0.362 e. The Morgan fingerprint density at radius 3 is 2.65 bits per heavy atom. The average molecular weight is 345 g/mol. The van der Waals surface area contributed by atoms with Gasteiger partial charge in [0.1, 0.15) is 0 Å². The van der Waals surface area contributed by atoms with Gasteiger partial charge in [0.05, 0.1) is 0 Å². The molecule has 2 aromatic rings. The average Bonchev–Trinajstić information content (AvgIpc) is 2.55. The Morgan fingerprint density at radius 2 is 1.87 bits per heavy atom. The second-order valence-corrected chi connectivity index (χ2v) is 7.10. The van der Waals surface area contributed by atoms with Crippen molar-refractivity contribution in [3.8, 4) is 0 Å². The molecule has 0 saturated heterocycles. The molecule has 0 unspecified atom stereocenters. The van der Waals surface area contributed by atoms with Crippen LogP contribution in [-0.4, -0.2) is 17.4 Å². The van der Waals surface area contributed by atoms with Crippen LogP contribution in [0, 0.1) is 13.8 Å². The SMILES string of the molecule is Cc1ccc(C)c(NC(=S)NCCCSCc2ccccc2)c1. The molecule has 0 bridgehead atoms. The molecule has 0 spiro atoms. The van der Waals surface area contributed by atoms with E-state index in [4.69, 9.17) is 12.2 Å². The summed E-state index contributed by atoms with van der Waals surface area (Å²) in [5.74, 6) is 2.21. The zero-order chi connectivity index (χ0) is 16.5. The lowest BCUT2D eigenvalue weighted by molar-refractivity contribution is 0.854. The fourth-order valence-electron chi connectivity index (χ4n) is 2.18. The van der Waals surface area contributed by atoms with E-state index < -0.39 is 0 Å². The minimum absolute atomic E-state index is 0.701. The van der Waals surface area contributed by atoms with Crippen molar-refractivity contribution >= 4 is 34.8 Å². The Morgan fingerprint density at radius 1 is 1.09 bits per heavy atom. The molecule has 0 fully saturated rings. The molecular formula is C19H24N2S2. The summed E-state index contributed by atoms with van der Waals surface area (Å²) in [5, 5.41) is 7.27. The minimum atomic E-state index is 0.701. The van der Waals surface area contributed by atoms with Crippen LogP contribution >= 0.6 is 24.0 Å². The quantitative estimate of drug-likeness (QED) is 0.550. The largest absolute Gasteiger partial charge is 0.362 e. The van der Waals surface area contributed by atoms with Gasteiger partial charge in [-0.15, -0.1) is 0 Å². The van der Waals surface area contributed by atoms with E-state index in [-0.39, 0.29) is 0 Å². The van der Waals surface area contributed by atoms with E-state index in [1.54, 1.807) is 0 Å². The van der Waals surface area contributed by atoms with E-state index in [1.165, 1.54) is 16.7 Å². The van der Waals surface area contributed by atoms with Crippen LogP contribution < -0.4 is 10.6 Å².